The minimum absolute atomic E-state index is 0.0703. The monoisotopic (exact) mass is 289 g/mol. The molecule has 0 radical (unpaired) electrons. The third-order valence-electron chi connectivity index (χ3n) is 3.98. The van der Waals surface area contributed by atoms with Gasteiger partial charge in [-0.15, -0.1) is 0 Å². The minimum Gasteiger partial charge on any atom is -0.339 e. The first-order chi connectivity index (χ1) is 9.94. The van der Waals surface area contributed by atoms with Crippen molar-refractivity contribution >= 4 is 17.5 Å². The number of carbonyl (C=O) groups excluding carboxylic acids is 2. The van der Waals surface area contributed by atoms with Crippen molar-refractivity contribution in [2.75, 3.05) is 25.5 Å². The van der Waals surface area contributed by atoms with E-state index in [0.29, 0.717) is 11.3 Å². The molecule has 1 aromatic rings. The van der Waals surface area contributed by atoms with Crippen LogP contribution in [-0.4, -0.2) is 42.4 Å². The van der Waals surface area contributed by atoms with Gasteiger partial charge in [-0.25, -0.2) is 0 Å². The number of nitrogens with zero attached hydrogens (tertiary/aromatic N) is 1. The van der Waals surface area contributed by atoms with Gasteiger partial charge in [0, 0.05) is 24.3 Å². The third-order valence-corrected chi connectivity index (χ3v) is 3.98. The Balaban J connectivity index is 2.02. The maximum atomic E-state index is 12.2. The van der Waals surface area contributed by atoms with Crippen molar-refractivity contribution in [3.05, 3.63) is 29.8 Å². The molecule has 1 aliphatic rings. The molecule has 2 amide bonds. The first-order valence-corrected chi connectivity index (χ1v) is 7.34. The van der Waals surface area contributed by atoms with Crippen LogP contribution in [0, 0.1) is 0 Å². The number of likely N-dealkylation sites (N-methyl/N-ethyl adjacent to an activating group) is 1. The van der Waals surface area contributed by atoms with E-state index in [1.54, 1.807) is 31.3 Å². The molecule has 2 N–H and O–H groups in total. The average molecular weight is 289 g/mol. The maximum absolute atomic E-state index is 12.2. The van der Waals surface area contributed by atoms with Crippen LogP contribution in [0.4, 0.5) is 5.69 Å². The normalized spacial score (nSPS) is 15.1. The van der Waals surface area contributed by atoms with Crippen molar-refractivity contribution in [2.24, 2.45) is 0 Å². The average Bonchev–Trinajstić information content (AvgIpc) is 3.01. The quantitative estimate of drug-likeness (QED) is 0.889. The Hall–Kier alpha value is -1.88. The molecule has 21 heavy (non-hydrogen) atoms. The Bertz CT molecular complexity index is 517. The molecule has 0 aliphatic carbocycles. The number of hydrogen-bond donors (Lipinski definition) is 2. The van der Waals surface area contributed by atoms with Gasteiger partial charge in [-0.05, 0) is 58.0 Å². The lowest BCUT2D eigenvalue weighted by Gasteiger charge is -2.22. The first kappa shape index (κ1) is 15.5. The fourth-order valence-electron chi connectivity index (χ4n) is 2.20. The number of carbonyl (C=O) groups is 2. The number of anilines is 1. The van der Waals surface area contributed by atoms with Crippen molar-refractivity contribution in [1.82, 2.24) is 10.2 Å². The van der Waals surface area contributed by atoms with Gasteiger partial charge in [0.25, 0.3) is 5.91 Å². The smallest absolute Gasteiger partial charge is 0.253 e. The zero-order chi connectivity index (χ0) is 15.5. The number of hydrogen-bond acceptors (Lipinski definition) is 3. The summed E-state index contributed by atoms with van der Waals surface area (Å²) in [5, 5.41) is 5.80. The number of likely N-dealkylation sites (tertiary alicyclic amines) is 1. The van der Waals surface area contributed by atoms with Crippen molar-refractivity contribution in [1.29, 1.82) is 0 Å². The second-order valence-electron chi connectivity index (χ2n) is 5.91. The highest BCUT2D eigenvalue weighted by Gasteiger charge is 2.25. The van der Waals surface area contributed by atoms with E-state index in [0.717, 1.165) is 25.9 Å². The lowest BCUT2D eigenvalue weighted by Crippen LogP contribution is -2.47. The summed E-state index contributed by atoms with van der Waals surface area (Å²) in [6, 6.07) is 7.07. The topological polar surface area (TPSA) is 61.4 Å². The number of nitrogens with one attached hydrogen (secondary N) is 2. The molecule has 1 heterocycles. The summed E-state index contributed by atoms with van der Waals surface area (Å²) in [4.78, 5) is 26.1. The molecule has 1 saturated heterocycles. The minimum atomic E-state index is -0.635. The Morgan fingerprint density at radius 1 is 1.10 bits per heavy atom. The molecular weight excluding hydrogens is 266 g/mol. The Kier molecular flexibility index (Phi) is 4.63. The molecule has 1 fully saturated rings. The summed E-state index contributed by atoms with van der Waals surface area (Å²) >= 11 is 0. The second-order valence-corrected chi connectivity index (χ2v) is 5.91. The zero-order valence-electron chi connectivity index (χ0n) is 12.9. The predicted octanol–water partition coefficient (Wildman–Crippen LogP) is 1.86. The highest BCUT2D eigenvalue weighted by molar-refractivity contribution is 5.98. The summed E-state index contributed by atoms with van der Waals surface area (Å²) in [5.41, 5.74) is 0.730. The molecule has 0 bridgehead atoms. The molecular formula is C16H23N3O2. The highest BCUT2D eigenvalue weighted by Crippen LogP contribution is 2.16. The van der Waals surface area contributed by atoms with Crippen LogP contribution in [-0.2, 0) is 4.79 Å². The van der Waals surface area contributed by atoms with Gasteiger partial charge in [-0.2, -0.15) is 0 Å². The van der Waals surface area contributed by atoms with Crippen LogP contribution in [0.5, 0.6) is 0 Å². The van der Waals surface area contributed by atoms with E-state index in [2.05, 4.69) is 10.6 Å². The van der Waals surface area contributed by atoms with Gasteiger partial charge in [0.1, 0.15) is 0 Å². The third kappa shape index (κ3) is 3.61. The predicted molar refractivity (Wildman–Crippen MR) is 83.3 cm³/mol. The van der Waals surface area contributed by atoms with E-state index < -0.39 is 5.54 Å². The van der Waals surface area contributed by atoms with Gasteiger partial charge in [0.15, 0.2) is 0 Å². The molecule has 1 aliphatic heterocycles. The standard InChI is InChI=1S/C16H23N3O2/c1-16(2,17-3)15(21)18-13-8-6-12(7-9-13)14(20)19-10-4-5-11-19/h6-9,17H,4-5,10-11H2,1-3H3,(H,18,21). The van der Waals surface area contributed by atoms with E-state index >= 15 is 0 Å². The summed E-state index contributed by atoms with van der Waals surface area (Å²) < 4.78 is 0. The van der Waals surface area contributed by atoms with Gasteiger partial charge in [0.05, 0.1) is 5.54 Å². The molecule has 0 spiro atoms. The van der Waals surface area contributed by atoms with E-state index in [1.165, 1.54) is 0 Å². The van der Waals surface area contributed by atoms with Crippen LogP contribution in [0.1, 0.15) is 37.0 Å². The van der Waals surface area contributed by atoms with Gasteiger partial charge in [-0.3, -0.25) is 9.59 Å². The van der Waals surface area contributed by atoms with Crippen LogP contribution in [0.25, 0.3) is 0 Å². The van der Waals surface area contributed by atoms with E-state index in [9.17, 15) is 9.59 Å². The van der Waals surface area contributed by atoms with Crippen LogP contribution in [0.15, 0.2) is 24.3 Å². The van der Waals surface area contributed by atoms with Crippen LogP contribution < -0.4 is 10.6 Å². The molecule has 114 valence electrons. The second kappa shape index (κ2) is 6.26. The highest BCUT2D eigenvalue weighted by atomic mass is 16.2. The van der Waals surface area contributed by atoms with Crippen molar-refractivity contribution < 1.29 is 9.59 Å². The van der Waals surface area contributed by atoms with Crippen LogP contribution >= 0.6 is 0 Å². The van der Waals surface area contributed by atoms with Crippen LogP contribution in [0.3, 0.4) is 0 Å². The molecule has 0 atom stereocenters. The summed E-state index contributed by atoms with van der Waals surface area (Å²) in [5.74, 6) is -0.0375. The molecule has 5 heteroatoms. The molecule has 5 nitrogen and oxygen atoms in total. The molecule has 0 aromatic heterocycles. The van der Waals surface area contributed by atoms with Gasteiger partial charge < -0.3 is 15.5 Å². The fourth-order valence-corrected chi connectivity index (χ4v) is 2.20. The number of amides is 2. The van der Waals surface area contributed by atoms with Crippen molar-refractivity contribution in [3.8, 4) is 0 Å². The Labute approximate surface area is 125 Å². The lowest BCUT2D eigenvalue weighted by atomic mass is 10.0. The summed E-state index contributed by atoms with van der Waals surface area (Å²) in [7, 11) is 1.75. The van der Waals surface area contributed by atoms with E-state index in [1.807, 2.05) is 18.7 Å². The Morgan fingerprint density at radius 3 is 2.19 bits per heavy atom. The number of rotatable bonds is 4. The van der Waals surface area contributed by atoms with E-state index in [-0.39, 0.29) is 11.8 Å². The van der Waals surface area contributed by atoms with Gasteiger partial charge >= 0.3 is 0 Å². The zero-order valence-corrected chi connectivity index (χ0v) is 12.9. The SMILES string of the molecule is CNC(C)(C)C(=O)Nc1ccc(C(=O)N2CCCC2)cc1. The molecule has 1 aromatic carbocycles. The fraction of sp³-hybridized carbons (Fsp3) is 0.500. The Morgan fingerprint density at radius 2 is 1.67 bits per heavy atom. The largest absolute Gasteiger partial charge is 0.339 e. The molecule has 0 unspecified atom stereocenters. The maximum Gasteiger partial charge on any atom is 0.253 e. The van der Waals surface area contributed by atoms with Crippen molar-refractivity contribution in [3.63, 3.8) is 0 Å². The first-order valence-electron chi connectivity index (χ1n) is 7.34. The summed E-state index contributed by atoms with van der Waals surface area (Å²) in [6.07, 6.45) is 2.16. The lowest BCUT2D eigenvalue weighted by molar-refractivity contribution is -0.121. The van der Waals surface area contributed by atoms with Crippen molar-refractivity contribution in [2.45, 2.75) is 32.2 Å². The molecule has 0 saturated carbocycles. The van der Waals surface area contributed by atoms with Gasteiger partial charge in [0.2, 0.25) is 5.91 Å². The van der Waals surface area contributed by atoms with Crippen LogP contribution in [0.2, 0.25) is 0 Å². The number of benzene rings is 1. The van der Waals surface area contributed by atoms with E-state index in [4.69, 9.17) is 0 Å². The summed E-state index contributed by atoms with van der Waals surface area (Å²) in [6.45, 7) is 5.31. The molecule has 2 rings (SSSR count). The van der Waals surface area contributed by atoms with Gasteiger partial charge in [-0.1, -0.05) is 0 Å².